The molecule has 1 amide bonds. The van der Waals surface area contributed by atoms with E-state index in [9.17, 15) is 18.0 Å². The van der Waals surface area contributed by atoms with Crippen LogP contribution in [0.25, 0.3) is 0 Å². The SMILES string of the molecule is CC(C)(C)CN(CC(F)(F)F)C(=O)c1ccc(I)cc1. The van der Waals surface area contributed by atoms with Crippen molar-refractivity contribution >= 4 is 28.5 Å². The third-order valence-corrected chi connectivity index (χ3v) is 3.13. The summed E-state index contributed by atoms with van der Waals surface area (Å²) in [4.78, 5) is 13.1. The third kappa shape index (κ3) is 6.11. The van der Waals surface area contributed by atoms with Crippen molar-refractivity contribution in [2.45, 2.75) is 26.9 Å². The standard InChI is InChI=1S/C14H17F3INO/c1-13(2,3)8-19(9-14(15,16)17)12(20)10-4-6-11(18)7-5-10/h4-7H,8-9H2,1-3H3. The van der Waals surface area contributed by atoms with Crippen LogP contribution in [-0.2, 0) is 0 Å². The van der Waals surface area contributed by atoms with Crippen molar-refractivity contribution in [2.75, 3.05) is 13.1 Å². The van der Waals surface area contributed by atoms with Crippen LogP contribution in [0.5, 0.6) is 0 Å². The maximum absolute atomic E-state index is 12.6. The van der Waals surface area contributed by atoms with Gasteiger partial charge in [-0.2, -0.15) is 13.2 Å². The summed E-state index contributed by atoms with van der Waals surface area (Å²) in [6.07, 6.45) is -4.40. The first-order chi connectivity index (χ1) is 8.98. The number of halogens is 4. The van der Waals surface area contributed by atoms with E-state index in [1.807, 2.05) is 0 Å². The van der Waals surface area contributed by atoms with Gasteiger partial charge in [0.15, 0.2) is 0 Å². The van der Waals surface area contributed by atoms with Gasteiger partial charge in [0.1, 0.15) is 6.54 Å². The van der Waals surface area contributed by atoms with Gasteiger partial charge in [-0.3, -0.25) is 4.79 Å². The molecule has 20 heavy (non-hydrogen) atoms. The smallest absolute Gasteiger partial charge is 0.329 e. The van der Waals surface area contributed by atoms with Crippen molar-refractivity contribution < 1.29 is 18.0 Å². The van der Waals surface area contributed by atoms with E-state index in [4.69, 9.17) is 0 Å². The van der Waals surface area contributed by atoms with Crippen molar-refractivity contribution in [2.24, 2.45) is 5.41 Å². The Morgan fingerprint density at radius 3 is 2.00 bits per heavy atom. The van der Waals surface area contributed by atoms with Crippen LogP contribution in [-0.4, -0.2) is 30.1 Å². The lowest BCUT2D eigenvalue weighted by molar-refractivity contribution is -0.142. The fraction of sp³-hybridized carbons (Fsp3) is 0.500. The summed E-state index contributed by atoms with van der Waals surface area (Å²) >= 11 is 2.08. The van der Waals surface area contributed by atoms with E-state index in [1.54, 1.807) is 45.0 Å². The maximum Gasteiger partial charge on any atom is 0.406 e. The topological polar surface area (TPSA) is 20.3 Å². The molecule has 0 aliphatic rings. The summed E-state index contributed by atoms with van der Waals surface area (Å²) in [5.41, 5.74) is -0.122. The Morgan fingerprint density at radius 2 is 1.60 bits per heavy atom. The van der Waals surface area contributed by atoms with Crippen LogP contribution in [0.4, 0.5) is 13.2 Å². The van der Waals surface area contributed by atoms with Gasteiger partial charge < -0.3 is 4.90 Å². The Bertz CT molecular complexity index is 447. The first-order valence-corrected chi connectivity index (χ1v) is 7.17. The van der Waals surface area contributed by atoms with Crippen LogP contribution >= 0.6 is 22.6 Å². The van der Waals surface area contributed by atoms with Gasteiger partial charge in [0, 0.05) is 15.7 Å². The zero-order chi connectivity index (χ0) is 15.6. The second kappa shape index (κ2) is 6.32. The summed E-state index contributed by atoms with van der Waals surface area (Å²) in [5.74, 6) is -0.589. The highest BCUT2D eigenvalue weighted by Crippen LogP contribution is 2.23. The molecule has 0 bridgehead atoms. The minimum absolute atomic E-state index is 0.0529. The van der Waals surface area contributed by atoms with E-state index in [0.29, 0.717) is 0 Å². The molecule has 0 aliphatic heterocycles. The number of alkyl halides is 3. The second-order valence-electron chi connectivity index (χ2n) is 5.84. The van der Waals surface area contributed by atoms with E-state index in [-0.39, 0.29) is 12.1 Å². The van der Waals surface area contributed by atoms with Crippen LogP contribution in [0, 0.1) is 8.99 Å². The minimum Gasteiger partial charge on any atom is -0.329 e. The number of hydrogen-bond acceptors (Lipinski definition) is 1. The fourth-order valence-electron chi connectivity index (χ4n) is 1.76. The Morgan fingerprint density at radius 1 is 1.10 bits per heavy atom. The van der Waals surface area contributed by atoms with Gasteiger partial charge >= 0.3 is 6.18 Å². The lowest BCUT2D eigenvalue weighted by atomic mass is 9.95. The van der Waals surface area contributed by atoms with Crippen LogP contribution in [0.3, 0.4) is 0 Å². The van der Waals surface area contributed by atoms with E-state index < -0.39 is 24.0 Å². The van der Waals surface area contributed by atoms with Crippen LogP contribution in [0.2, 0.25) is 0 Å². The molecule has 1 aromatic carbocycles. The molecule has 0 N–H and O–H groups in total. The third-order valence-electron chi connectivity index (χ3n) is 2.41. The molecular formula is C14H17F3INO. The van der Waals surface area contributed by atoms with Crippen LogP contribution in [0.15, 0.2) is 24.3 Å². The zero-order valence-electron chi connectivity index (χ0n) is 11.6. The molecule has 1 aromatic rings. The average Bonchev–Trinajstić information content (AvgIpc) is 2.24. The molecule has 0 spiro atoms. The van der Waals surface area contributed by atoms with Gasteiger partial charge in [0.05, 0.1) is 0 Å². The highest BCUT2D eigenvalue weighted by atomic mass is 127. The van der Waals surface area contributed by atoms with Crippen molar-refractivity contribution in [1.82, 2.24) is 4.90 Å². The minimum atomic E-state index is -4.40. The number of rotatable bonds is 3. The quantitative estimate of drug-likeness (QED) is 0.693. The van der Waals surface area contributed by atoms with E-state index in [2.05, 4.69) is 22.6 Å². The Kier molecular flexibility index (Phi) is 5.46. The molecule has 0 fully saturated rings. The first kappa shape index (κ1) is 17.3. The van der Waals surface area contributed by atoms with E-state index in [0.717, 1.165) is 8.47 Å². The number of nitrogens with zero attached hydrogens (tertiary/aromatic N) is 1. The molecule has 0 radical (unpaired) electrons. The van der Waals surface area contributed by atoms with Gasteiger partial charge in [-0.25, -0.2) is 0 Å². The molecule has 0 aromatic heterocycles. The largest absolute Gasteiger partial charge is 0.406 e. The van der Waals surface area contributed by atoms with Crippen molar-refractivity contribution in [3.63, 3.8) is 0 Å². The molecule has 0 atom stereocenters. The van der Waals surface area contributed by atoms with Gasteiger partial charge in [0.25, 0.3) is 5.91 Å². The molecule has 0 heterocycles. The Balaban J connectivity index is 2.97. The molecule has 0 saturated heterocycles. The Labute approximate surface area is 130 Å². The lowest BCUT2D eigenvalue weighted by Crippen LogP contribution is -2.43. The fourth-order valence-corrected chi connectivity index (χ4v) is 2.12. The van der Waals surface area contributed by atoms with Crippen molar-refractivity contribution in [1.29, 1.82) is 0 Å². The molecule has 1 rings (SSSR count). The number of carbonyl (C=O) groups is 1. The van der Waals surface area contributed by atoms with E-state index in [1.165, 1.54) is 0 Å². The van der Waals surface area contributed by atoms with Gasteiger partial charge in [-0.15, -0.1) is 0 Å². The normalized spacial score (nSPS) is 12.3. The summed E-state index contributed by atoms with van der Waals surface area (Å²) in [6, 6.07) is 6.51. The average molecular weight is 399 g/mol. The maximum atomic E-state index is 12.6. The highest BCUT2D eigenvalue weighted by Gasteiger charge is 2.35. The van der Waals surface area contributed by atoms with Crippen molar-refractivity contribution in [3.8, 4) is 0 Å². The Hall–Kier alpha value is -0.790. The van der Waals surface area contributed by atoms with Crippen LogP contribution < -0.4 is 0 Å². The summed E-state index contributed by atoms with van der Waals surface area (Å²) in [5, 5.41) is 0. The van der Waals surface area contributed by atoms with Crippen LogP contribution in [0.1, 0.15) is 31.1 Å². The predicted octanol–water partition coefficient (Wildman–Crippen LogP) is 4.34. The monoisotopic (exact) mass is 399 g/mol. The summed E-state index contributed by atoms with van der Waals surface area (Å²) in [6.45, 7) is 4.24. The molecule has 112 valence electrons. The van der Waals surface area contributed by atoms with Crippen molar-refractivity contribution in [3.05, 3.63) is 33.4 Å². The molecule has 6 heteroatoms. The zero-order valence-corrected chi connectivity index (χ0v) is 13.7. The molecule has 2 nitrogen and oxygen atoms in total. The second-order valence-corrected chi connectivity index (χ2v) is 7.09. The molecule has 0 unspecified atom stereocenters. The van der Waals surface area contributed by atoms with Gasteiger partial charge in [-0.1, -0.05) is 20.8 Å². The number of amides is 1. The number of hydrogen-bond donors (Lipinski definition) is 0. The molecule has 0 aliphatic carbocycles. The lowest BCUT2D eigenvalue weighted by Gasteiger charge is -2.30. The van der Waals surface area contributed by atoms with E-state index >= 15 is 0 Å². The number of carbonyl (C=O) groups excluding carboxylic acids is 1. The molecular weight excluding hydrogens is 382 g/mol. The predicted molar refractivity (Wildman–Crippen MR) is 80.6 cm³/mol. The number of benzene rings is 1. The summed E-state index contributed by atoms with van der Waals surface area (Å²) < 4.78 is 38.8. The van der Waals surface area contributed by atoms with Gasteiger partial charge in [-0.05, 0) is 52.3 Å². The molecule has 0 saturated carbocycles. The highest BCUT2D eigenvalue weighted by molar-refractivity contribution is 14.1. The summed E-state index contributed by atoms with van der Waals surface area (Å²) in [7, 11) is 0. The van der Waals surface area contributed by atoms with Gasteiger partial charge in [0.2, 0.25) is 0 Å². The first-order valence-electron chi connectivity index (χ1n) is 6.09.